The molecule has 0 saturated carbocycles. The fourth-order valence-corrected chi connectivity index (χ4v) is 2.49. The highest BCUT2D eigenvalue weighted by Crippen LogP contribution is 2.26. The van der Waals surface area contributed by atoms with Crippen molar-refractivity contribution in [1.82, 2.24) is 4.90 Å². The molecule has 1 saturated heterocycles. The van der Waals surface area contributed by atoms with E-state index in [9.17, 15) is 0 Å². The molecule has 1 aromatic carbocycles. The van der Waals surface area contributed by atoms with E-state index in [1.165, 1.54) is 11.3 Å². The van der Waals surface area contributed by atoms with Crippen LogP contribution in [-0.2, 0) is 0 Å². The zero-order valence-electron chi connectivity index (χ0n) is 12.9. The molecule has 0 aromatic heterocycles. The SMILES string of the molecule is Cc1cc(N2CCC(N)CC2)ccc1OCCN(C)C. The lowest BCUT2D eigenvalue weighted by molar-refractivity contribution is 0.260. The van der Waals surface area contributed by atoms with Crippen molar-refractivity contribution in [1.29, 1.82) is 0 Å². The Morgan fingerprint density at radius 1 is 1.30 bits per heavy atom. The minimum Gasteiger partial charge on any atom is -0.492 e. The van der Waals surface area contributed by atoms with Crippen LogP contribution in [0.3, 0.4) is 0 Å². The van der Waals surface area contributed by atoms with Gasteiger partial charge in [0.1, 0.15) is 12.4 Å². The largest absolute Gasteiger partial charge is 0.492 e. The number of nitrogens with zero attached hydrogens (tertiary/aromatic N) is 2. The second kappa shape index (κ2) is 6.95. The first-order valence-corrected chi connectivity index (χ1v) is 7.45. The smallest absolute Gasteiger partial charge is 0.122 e. The summed E-state index contributed by atoms with van der Waals surface area (Å²) in [5.41, 5.74) is 8.45. The number of hydrogen-bond donors (Lipinski definition) is 1. The van der Waals surface area contributed by atoms with E-state index in [4.69, 9.17) is 10.5 Å². The Labute approximate surface area is 122 Å². The van der Waals surface area contributed by atoms with Crippen molar-refractivity contribution in [3.63, 3.8) is 0 Å². The lowest BCUT2D eigenvalue weighted by atomic mass is 10.0. The molecule has 4 nitrogen and oxygen atoms in total. The van der Waals surface area contributed by atoms with Crippen LogP contribution < -0.4 is 15.4 Å². The lowest BCUT2D eigenvalue weighted by Crippen LogP contribution is -2.39. The number of benzene rings is 1. The van der Waals surface area contributed by atoms with Gasteiger partial charge in [0.15, 0.2) is 0 Å². The molecule has 0 amide bonds. The van der Waals surface area contributed by atoms with Crippen molar-refractivity contribution in [2.24, 2.45) is 5.73 Å². The molecule has 0 bridgehead atoms. The van der Waals surface area contributed by atoms with Crippen LogP contribution in [0.25, 0.3) is 0 Å². The summed E-state index contributed by atoms with van der Waals surface area (Å²) in [4.78, 5) is 4.54. The summed E-state index contributed by atoms with van der Waals surface area (Å²) in [6, 6.07) is 6.85. The number of hydrogen-bond acceptors (Lipinski definition) is 4. The van der Waals surface area contributed by atoms with Gasteiger partial charge in [-0.05, 0) is 57.6 Å². The Bertz CT molecular complexity index is 426. The second-order valence-electron chi connectivity index (χ2n) is 5.93. The fraction of sp³-hybridized carbons (Fsp3) is 0.625. The van der Waals surface area contributed by atoms with Crippen LogP contribution in [0.2, 0.25) is 0 Å². The number of ether oxygens (including phenoxy) is 1. The molecule has 0 atom stereocenters. The molecule has 0 spiro atoms. The van der Waals surface area contributed by atoms with Crippen molar-refractivity contribution in [2.75, 3.05) is 45.2 Å². The maximum Gasteiger partial charge on any atom is 0.122 e. The number of rotatable bonds is 5. The molecular weight excluding hydrogens is 250 g/mol. The van der Waals surface area contributed by atoms with Gasteiger partial charge >= 0.3 is 0 Å². The highest BCUT2D eigenvalue weighted by Gasteiger charge is 2.16. The molecule has 1 fully saturated rings. The average Bonchev–Trinajstić information content (AvgIpc) is 2.41. The van der Waals surface area contributed by atoms with E-state index in [1.54, 1.807) is 0 Å². The molecule has 1 heterocycles. The molecule has 2 N–H and O–H groups in total. The third-order valence-electron chi connectivity index (χ3n) is 3.86. The number of nitrogens with two attached hydrogens (primary N) is 1. The summed E-state index contributed by atoms with van der Waals surface area (Å²) in [6.07, 6.45) is 2.17. The Morgan fingerprint density at radius 2 is 2.00 bits per heavy atom. The van der Waals surface area contributed by atoms with E-state index in [2.05, 4.69) is 49.0 Å². The van der Waals surface area contributed by atoms with E-state index in [-0.39, 0.29) is 0 Å². The summed E-state index contributed by atoms with van der Waals surface area (Å²) < 4.78 is 5.83. The van der Waals surface area contributed by atoms with Crippen LogP contribution in [0.15, 0.2) is 18.2 Å². The van der Waals surface area contributed by atoms with E-state index >= 15 is 0 Å². The van der Waals surface area contributed by atoms with E-state index in [0.717, 1.165) is 44.8 Å². The quantitative estimate of drug-likeness (QED) is 0.892. The van der Waals surface area contributed by atoms with Crippen molar-refractivity contribution in [3.8, 4) is 5.75 Å². The van der Waals surface area contributed by atoms with Gasteiger partial charge < -0.3 is 20.3 Å². The number of piperidine rings is 1. The van der Waals surface area contributed by atoms with Crippen LogP contribution in [-0.4, -0.2) is 51.3 Å². The molecule has 0 unspecified atom stereocenters. The minimum absolute atomic E-state index is 0.376. The van der Waals surface area contributed by atoms with Gasteiger partial charge in [-0.15, -0.1) is 0 Å². The van der Waals surface area contributed by atoms with Crippen LogP contribution >= 0.6 is 0 Å². The number of anilines is 1. The summed E-state index contributed by atoms with van der Waals surface area (Å²) in [5.74, 6) is 0.990. The predicted octanol–water partition coefficient (Wildman–Crippen LogP) is 1.86. The topological polar surface area (TPSA) is 41.7 Å². The maximum atomic E-state index is 5.96. The molecule has 1 aromatic rings. The second-order valence-corrected chi connectivity index (χ2v) is 5.93. The molecule has 0 radical (unpaired) electrons. The Hall–Kier alpha value is -1.26. The summed E-state index contributed by atoms with van der Waals surface area (Å²) >= 11 is 0. The molecule has 112 valence electrons. The van der Waals surface area contributed by atoms with Gasteiger partial charge in [-0.2, -0.15) is 0 Å². The maximum absolute atomic E-state index is 5.96. The standard InChI is InChI=1S/C16H27N3O/c1-13-12-15(19-8-6-14(17)7-9-19)4-5-16(13)20-11-10-18(2)3/h4-5,12,14H,6-11,17H2,1-3H3. The Balaban J connectivity index is 1.95. The van der Waals surface area contributed by atoms with E-state index < -0.39 is 0 Å². The van der Waals surface area contributed by atoms with Gasteiger partial charge in [-0.3, -0.25) is 0 Å². The molecule has 2 rings (SSSR count). The first-order valence-electron chi connectivity index (χ1n) is 7.45. The van der Waals surface area contributed by atoms with Gasteiger partial charge in [0, 0.05) is 31.4 Å². The van der Waals surface area contributed by atoms with Gasteiger partial charge in [0.2, 0.25) is 0 Å². The van der Waals surface area contributed by atoms with E-state index in [0.29, 0.717) is 6.04 Å². The van der Waals surface area contributed by atoms with Gasteiger partial charge in [-0.1, -0.05) is 0 Å². The molecule has 4 heteroatoms. The van der Waals surface area contributed by atoms with Gasteiger partial charge in [-0.25, -0.2) is 0 Å². The molecular formula is C16H27N3O. The molecule has 1 aliphatic rings. The fourth-order valence-electron chi connectivity index (χ4n) is 2.49. The minimum atomic E-state index is 0.376. The number of likely N-dealkylation sites (N-methyl/N-ethyl adjacent to an activating group) is 1. The Morgan fingerprint density at radius 3 is 2.60 bits per heavy atom. The molecule has 0 aliphatic carbocycles. The average molecular weight is 277 g/mol. The van der Waals surface area contributed by atoms with Crippen LogP contribution in [0.5, 0.6) is 5.75 Å². The van der Waals surface area contributed by atoms with Crippen LogP contribution in [0.4, 0.5) is 5.69 Å². The number of aryl methyl sites for hydroxylation is 1. The third kappa shape index (κ3) is 4.12. The monoisotopic (exact) mass is 277 g/mol. The summed E-state index contributed by atoms with van der Waals surface area (Å²) in [7, 11) is 4.11. The van der Waals surface area contributed by atoms with Crippen molar-refractivity contribution in [3.05, 3.63) is 23.8 Å². The molecule has 20 heavy (non-hydrogen) atoms. The highest BCUT2D eigenvalue weighted by molar-refractivity contribution is 5.53. The van der Waals surface area contributed by atoms with Gasteiger partial charge in [0.25, 0.3) is 0 Å². The van der Waals surface area contributed by atoms with Crippen LogP contribution in [0.1, 0.15) is 18.4 Å². The zero-order chi connectivity index (χ0) is 14.5. The zero-order valence-corrected chi connectivity index (χ0v) is 12.9. The predicted molar refractivity (Wildman–Crippen MR) is 84.7 cm³/mol. The van der Waals surface area contributed by atoms with Crippen molar-refractivity contribution >= 4 is 5.69 Å². The van der Waals surface area contributed by atoms with Crippen LogP contribution in [0, 0.1) is 6.92 Å². The normalized spacial score (nSPS) is 16.8. The van der Waals surface area contributed by atoms with Crippen molar-refractivity contribution in [2.45, 2.75) is 25.8 Å². The third-order valence-corrected chi connectivity index (χ3v) is 3.86. The first-order chi connectivity index (χ1) is 9.56. The first kappa shape index (κ1) is 15.1. The lowest BCUT2D eigenvalue weighted by Gasteiger charge is -2.32. The summed E-state index contributed by atoms with van der Waals surface area (Å²) in [5, 5.41) is 0. The van der Waals surface area contributed by atoms with Crippen molar-refractivity contribution < 1.29 is 4.74 Å². The Kier molecular flexibility index (Phi) is 5.26. The molecule has 1 aliphatic heterocycles. The summed E-state index contributed by atoms with van der Waals surface area (Å²) in [6.45, 7) is 5.89. The van der Waals surface area contributed by atoms with E-state index in [1.807, 2.05) is 0 Å². The highest BCUT2D eigenvalue weighted by atomic mass is 16.5. The van der Waals surface area contributed by atoms with Gasteiger partial charge in [0.05, 0.1) is 0 Å².